The molecule has 0 amide bonds. The van der Waals surface area contributed by atoms with E-state index in [4.69, 9.17) is 4.99 Å². The summed E-state index contributed by atoms with van der Waals surface area (Å²) < 4.78 is 4.77. The molecule has 10 rings (SSSR count). The van der Waals surface area contributed by atoms with Crippen molar-refractivity contribution in [3.05, 3.63) is 224 Å². The fourth-order valence-corrected chi connectivity index (χ4v) is 8.64. The van der Waals surface area contributed by atoms with Crippen molar-refractivity contribution in [3.63, 3.8) is 0 Å². The summed E-state index contributed by atoms with van der Waals surface area (Å²) in [5.41, 5.74) is 14.6. The molecule has 1 atom stereocenters. The molecule has 288 valence electrons. The minimum Gasteiger partial charge on any atom is -0.309 e. The molecule has 0 aliphatic carbocycles. The minimum absolute atomic E-state index is 0.170. The van der Waals surface area contributed by atoms with Crippen LogP contribution in [0, 0.1) is 5.92 Å². The van der Waals surface area contributed by atoms with Gasteiger partial charge in [-0.05, 0) is 88.4 Å². The van der Waals surface area contributed by atoms with E-state index in [-0.39, 0.29) is 5.92 Å². The van der Waals surface area contributed by atoms with E-state index in [1.807, 2.05) is 6.07 Å². The average Bonchev–Trinajstić information content (AvgIpc) is 3.83. The van der Waals surface area contributed by atoms with Crippen LogP contribution in [0.15, 0.2) is 218 Å². The van der Waals surface area contributed by atoms with Gasteiger partial charge in [0.25, 0.3) is 0 Å². The van der Waals surface area contributed by atoms with Gasteiger partial charge < -0.3 is 4.57 Å². The second-order valence-electron chi connectivity index (χ2n) is 15.6. The first-order chi connectivity index (χ1) is 29.6. The van der Waals surface area contributed by atoms with Gasteiger partial charge in [0.15, 0.2) is 0 Å². The molecule has 3 nitrogen and oxygen atoms in total. The lowest BCUT2D eigenvalue weighted by Crippen LogP contribution is -2.20. The number of hydrogen-bond donors (Lipinski definition) is 0. The summed E-state index contributed by atoms with van der Waals surface area (Å²) in [5.74, 6) is 1.18. The monoisotopic (exact) mass is 771 g/mol. The van der Waals surface area contributed by atoms with E-state index in [1.54, 1.807) is 0 Å². The molecule has 2 aromatic heterocycles. The second-order valence-corrected chi connectivity index (χ2v) is 15.6. The summed E-state index contributed by atoms with van der Waals surface area (Å²) in [6.45, 7) is 9.01. The fraction of sp³-hybridized carbons (Fsp3) is 0.0702. The Bertz CT molecular complexity index is 3240. The number of para-hydroxylation sites is 3. The Balaban J connectivity index is 1.08. The van der Waals surface area contributed by atoms with E-state index in [0.717, 1.165) is 45.7 Å². The van der Waals surface area contributed by atoms with Crippen LogP contribution in [-0.2, 0) is 0 Å². The van der Waals surface area contributed by atoms with Crippen LogP contribution in [0.25, 0.3) is 82.8 Å². The van der Waals surface area contributed by atoms with E-state index in [1.165, 1.54) is 60.5 Å². The Morgan fingerprint density at radius 2 is 1.00 bits per heavy atom. The zero-order valence-corrected chi connectivity index (χ0v) is 34.0. The van der Waals surface area contributed by atoms with E-state index in [9.17, 15) is 0 Å². The van der Waals surface area contributed by atoms with Gasteiger partial charge in [-0.25, -0.2) is 4.99 Å². The van der Waals surface area contributed by atoms with Crippen LogP contribution in [0.5, 0.6) is 0 Å². The number of aliphatic imine (C=N–C) groups is 1. The third-order valence-corrected chi connectivity index (χ3v) is 12.0. The first-order valence-electron chi connectivity index (χ1n) is 20.9. The molecule has 0 N–H and O–H groups in total. The number of nitrogens with zero attached hydrogens (tertiary/aromatic N) is 3. The maximum atomic E-state index is 5.61. The van der Waals surface area contributed by atoms with Crippen molar-refractivity contribution < 1.29 is 0 Å². The summed E-state index contributed by atoms with van der Waals surface area (Å²) in [7, 11) is 0. The predicted octanol–water partition coefficient (Wildman–Crippen LogP) is 15.3. The highest BCUT2D eigenvalue weighted by molar-refractivity contribution is 6.16. The smallest absolute Gasteiger partial charge is 0.117 e. The van der Waals surface area contributed by atoms with Crippen molar-refractivity contribution in [2.45, 2.75) is 20.3 Å². The third kappa shape index (κ3) is 6.64. The van der Waals surface area contributed by atoms with Crippen molar-refractivity contribution in [2.24, 2.45) is 10.9 Å². The van der Waals surface area contributed by atoms with Crippen LogP contribution in [0.1, 0.15) is 31.4 Å². The van der Waals surface area contributed by atoms with Gasteiger partial charge >= 0.3 is 0 Å². The number of aromatic nitrogens is 2. The maximum absolute atomic E-state index is 5.61. The number of benzene rings is 8. The molecule has 0 saturated carbocycles. The quantitative estimate of drug-likeness (QED) is 0.0792. The van der Waals surface area contributed by atoms with Crippen molar-refractivity contribution in [3.8, 4) is 27.9 Å². The Kier molecular flexibility index (Phi) is 9.63. The van der Waals surface area contributed by atoms with Crippen molar-refractivity contribution in [1.82, 2.24) is 9.13 Å². The number of allylic oxidation sites excluding steroid dienone is 2. The standard InChI is InChI=1S/C57H45N3/c1-4-39(2)57(58-52(44-20-10-6-11-21-44)36-40(3)41-18-8-5-9-19-41)60-54-27-17-14-24-48(54)50-34-32-46(38-56(50)60)43-30-28-42(29-31-43)45-33-35-55-51(37-45)49-25-15-16-26-53(49)59(55)47-22-12-7-13-23-47/h5-39H,3-4H2,1-2H3/b52-36-,58-57?. The Morgan fingerprint density at radius 3 is 1.67 bits per heavy atom. The lowest BCUT2D eigenvalue weighted by Gasteiger charge is -2.19. The van der Waals surface area contributed by atoms with Crippen LogP contribution >= 0.6 is 0 Å². The van der Waals surface area contributed by atoms with Crippen LogP contribution in [-0.4, -0.2) is 15.0 Å². The predicted molar refractivity (Wildman–Crippen MR) is 257 cm³/mol. The first-order valence-corrected chi connectivity index (χ1v) is 20.9. The number of hydrogen-bond acceptors (Lipinski definition) is 1. The third-order valence-electron chi connectivity index (χ3n) is 12.0. The summed E-state index contributed by atoms with van der Waals surface area (Å²) >= 11 is 0. The highest BCUT2D eigenvalue weighted by Crippen LogP contribution is 2.38. The summed E-state index contributed by atoms with van der Waals surface area (Å²) in [4.78, 5) is 5.61. The fourth-order valence-electron chi connectivity index (χ4n) is 8.64. The van der Waals surface area contributed by atoms with Crippen molar-refractivity contribution >= 4 is 60.7 Å². The molecule has 0 spiro atoms. The van der Waals surface area contributed by atoms with Crippen LogP contribution in [0.3, 0.4) is 0 Å². The van der Waals surface area contributed by atoms with Crippen molar-refractivity contribution in [1.29, 1.82) is 0 Å². The van der Waals surface area contributed by atoms with Crippen LogP contribution < -0.4 is 0 Å². The molecule has 0 saturated heterocycles. The zero-order chi connectivity index (χ0) is 40.6. The topological polar surface area (TPSA) is 22.2 Å². The Morgan fingerprint density at radius 1 is 0.500 bits per heavy atom. The van der Waals surface area contributed by atoms with Gasteiger partial charge in [0.1, 0.15) is 5.84 Å². The van der Waals surface area contributed by atoms with Gasteiger partial charge in [0.2, 0.25) is 0 Å². The largest absolute Gasteiger partial charge is 0.309 e. The van der Waals surface area contributed by atoms with E-state index >= 15 is 0 Å². The SMILES string of the molecule is C=C(/C=C(\N=C(C(C)CC)n1c2ccccc2c2ccc(-c3ccc(-c4ccc5c(c4)c4ccccc4n5-c4ccccc4)cc3)cc21)c1ccccc1)c1ccccc1. The second kappa shape index (κ2) is 15.7. The summed E-state index contributed by atoms with van der Waals surface area (Å²) in [6.07, 6.45) is 3.07. The van der Waals surface area contributed by atoms with Gasteiger partial charge in [-0.15, -0.1) is 0 Å². The summed E-state index contributed by atoms with van der Waals surface area (Å²) in [5, 5.41) is 4.94. The molecule has 3 heteroatoms. The highest BCUT2D eigenvalue weighted by atomic mass is 15.1. The van der Waals surface area contributed by atoms with Crippen molar-refractivity contribution in [2.75, 3.05) is 0 Å². The van der Waals surface area contributed by atoms with E-state index < -0.39 is 0 Å². The molecule has 1 unspecified atom stereocenters. The maximum Gasteiger partial charge on any atom is 0.117 e. The van der Waals surface area contributed by atoms with E-state index in [2.05, 4.69) is 230 Å². The molecule has 0 bridgehead atoms. The highest BCUT2D eigenvalue weighted by Gasteiger charge is 2.21. The average molecular weight is 772 g/mol. The van der Waals surface area contributed by atoms with E-state index in [0.29, 0.717) is 0 Å². The zero-order valence-electron chi connectivity index (χ0n) is 34.0. The van der Waals surface area contributed by atoms with Gasteiger partial charge in [-0.1, -0.05) is 178 Å². The molecule has 0 radical (unpaired) electrons. The van der Waals surface area contributed by atoms with Gasteiger partial charge in [-0.2, -0.15) is 0 Å². The minimum atomic E-state index is 0.170. The number of rotatable bonds is 9. The molecular weight excluding hydrogens is 727 g/mol. The molecule has 0 aliphatic rings. The molecule has 0 fully saturated rings. The molecule has 2 heterocycles. The van der Waals surface area contributed by atoms with Gasteiger partial charge in [-0.3, -0.25) is 4.57 Å². The molecule has 8 aromatic carbocycles. The Labute approximate surface area is 351 Å². The number of fused-ring (bicyclic) bond motifs is 6. The Hall–Kier alpha value is -7.49. The molecule has 0 aliphatic heterocycles. The molecule has 10 aromatic rings. The summed E-state index contributed by atoms with van der Waals surface area (Å²) in [6, 6.07) is 71.7. The van der Waals surface area contributed by atoms with Gasteiger partial charge in [0.05, 0.1) is 27.8 Å². The first kappa shape index (κ1) is 36.8. The molecular formula is C57H45N3. The lowest BCUT2D eigenvalue weighted by atomic mass is 9.98. The van der Waals surface area contributed by atoms with Crippen LogP contribution in [0.2, 0.25) is 0 Å². The normalized spacial score (nSPS) is 12.8. The van der Waals surface area contributed by atoms with Crippen LogP contribution in [0.4, 0.5) is 0 Å². The lowest BCUT2D eigenvalue weighted by molar-refractivity contribution is 0.720. The molecule has 60 heavy (non-hydrogen) atoms. The van der Waals surface area contributed by atoms with Gasteiger partial charge in [0, 0.05) is 38.7 Å².